The van der Waals surface area contributed by atoms with Crippen molar-refractivity contribution in [3.63, 3.8) is 0 Å². The van der Waals surface area contributed by atoms with Crippen LogP contribution in [0.4, 0.5) is 19.7 Å². The fourth-order valence-corrected chi connectivity index (χ4v) is 4.14. The van der Waals surface area contributed by atoms with Gasteiger partial charge in [0.1, 0.15) is 5.82 Å². The molecule has 0 unspecified atom stereocenters. The molecule has 0 radical (unpaired) electrons. The number of amides is 1. The predicted octanol–water partition coefficient (Wildman–Crippen LogP) is 4.01. The van der Waals surface area contributed by atoms with Crippen LogP contribution in [0.5, 0.6) is 0 Å². The van der Waals surface area contributed by atoms with Crippen LogP contribution in [0.1, 0.15) is 0 Å². The summed E-state index contributed by atoms with van der Waals surface area (Å²) in [6.45, 7) is 3.35. The number of hydrogen-bond acceptors (Lipinski definition) is 6. The summed E-state index contributed by atoms with van der Waals surface area (Å²) in [5, 5.41) is 4.91. The summed E-state index contributed by atoms with van der Waals surface area (Å²) in [7, 11) is 0. The van der Waals surface area contributed by atoms with Crippen LogP contribution >= 0.6 is 27.3 Å². The van der Waals surface area contributed by atoms with Crippen molar-refractivity contribution >= 4 is 44.1 Å². The number of aromatic nitrogens is 2. The van der Waals surface area contributed by atoms with Gasteiger partial charge in [-0.05, 0) is 46.3 Å². The first kappa shape index (κ1) is 20.8. The predicted molar refractivity (Wildman–Crippen MR) is 117 cm³/mol. The van der Waals surface area contributed by atoms with Gasteiger partial charge >= 0.3 is 0 Å². The molecular formula is C20H18BrF2N5OS. The number of carbonyl (C=O) groups excluding carboxylic acids is 1. The van der Waals surface area contributed by atoms with E-state index in [-0.39, 0.29) is 12.5 Å². The Bertz CT molecular complexity index is 1040. The molecule has 1 aromatic carbocycles. The number of thiazole rings is 1. The first-order valence-corrected chi connectivity index (χ1v) is 10.9. The monoisotopic (exact) mass is 493 g/mol. The quantitative estimate of drug-likeness (QED) is 0.581. The third-order valence-electron chi connectivity index (χ3n) is 4.74. The fourth-order valence-electron chi connectivity index (χ4n) is 3.17. The van der Waals surface area contributed by atoms with E-state index in [9.17, 15) is 13.6 Å². The molecule has 4 rings (SSSR count). The van der Waals surface area contributed by atoms with E-state index >= 15 is 0 Å². The molecule has 2 aromatic heterocycles. The van der Waals surface area contributed by atoms with Crippen molar-refractivity contribution in [2.45, 2.75) is 0 Å². The van der Waals surface area contributed by atoms with Gasteiger partial charge in [-0.2, -0.15) is 0 Å². The highest BCUT2D eigenvalue weighted by Gasteiger charge is 2.20. The van der Waals surface area contributed by atoms with Gasteiger partial charge in [0.05, 0.1) is 12.2 Å². The summed E-state index contributed by atoms with van der Waals surface area (Å²) in [6, 6.07) is 7.55. The third kappa shape index (κ3) is 5.00. The molecule has 6 nitrogen and oxygen atoms in total. The number of anilines is 2. The van der Waals surface area contributed by atoms with Crippen LogP contribution in [0.25, 0.3) is 11.3 Å². The Labute approximate surface area is 184 Å². The molecule has 10 heteroatoms. The van der Waals surface area contributed by atoms with E-state index in [1.54, 1.807) is 11.6 Å². The average Bonchev–Trinajstić information content (AvgIpc) is 3.19. The molecule has 0 bridgehead atoms. The summed E-state index contributed by atoms with van der Waals surface area (Å²) in [4.78, 5) is 25.4. The topological polar surface area (TPSA) is 61.4 Å². The largest absolute Gasteiger partial charge is 0.354 e. The van der Waals surface area contributed by atoms with E-state index in [1.807, 2.05) is 12.1 Å². The number of halogens is 3. The lowest BCUT2D eigenvalue weighted by atomic mass is 10.2. The van der Waals surface area contributed by atoms with Crippen molar-refractivity contribution in [2.75, 3.05) is 42.9 Å². The number of benzene rings is 1. The van der Waals surface area contributed by atoms with Gasteiger partial charge in [0, 0.05) is 47.8 Å². The molecule has 0 aliphatic carbocycles. The molecule has 1 aliphatic rings. The normalized spacial score (nSPS) is 14.7. The lowest BCUT2D eigenvalue weighted by Gasteiger charge is -2.34. The Kier molecular flexibility index (Phi) is 6.35. The number of nitrogens with one attached hydrogen (secondary N) is 1. The second kappa shape index (κ2) is 9.15. The highest BCUT2D eigenvalue weighted by atomic mass is 79.9. The van der Waals surface area contributed by atoms with Gasteiger partial charge < -0.3 is 10.2 Å². The summed E-state index contributed by atoms with van der Waals surface area (Å²) in [5.41, 5.74) is 0.952. The molecule has 1 aliphatic heterocycles. The van der Waals surface area contributed by atoms with Gasteiger partial charge in [0.25, 0.3) is 0 Å². The van der Waals surface area contributed by atoms with E-state index in [0.717, 1.165) is 48.6 Å². The minimum Gasteiger partial charge on any atom is -0.354 e. The third-order valence-corrected chi connectivity index (χ3v) is 5.97. The average molecular weight is 494 g/mol. The standard InChI is InChI=1S/C20H18BrF2N5OS/c21-14-2-4-18(24-10-14)28-7-5-27(6-8-28)11-19(29)26-20-25-17(12-30-20)13-1-3-15(22)16(23)9-13/h1-4,9-10,12H,5-8,11H2,(H,25,26,29). The highest BCUT2D eigenvalue weighted by molar-refractivity contribution is 9.10. The molecule has 30 heavy (non-hydrogen) atoms. The van der Waals surface area contributed by atoms with E-state index in [0.29, 0.717) is 16.4 Å². The van der Waals surface area contributed by atoms with Gasteiger partial charge in [0.2, 0.25) is 5.91 Å². The van der Waals surface area contributed by atoms with E-state index < -0.39 is 11.6 Å². The second-order valence-electron chi connectivity index (χ2n) is 6.81. The number of rotatable bonds is 5. The number of carbonyl (C=O) groups is 1. The number of piperazine rings is 1. The molecule has 1 amide bonds. The van der Waals surface area contributed by atoms with Crippen LogP contribution in [0.2, 0.25) is 0 Å². The molecule has 0 spiro atoms. The zero-order chi connectivity index (χ0) is 21.1. The molecule has 1 fully saturated rings. The van der Waals surface area contributed by atoms with Gasteiger partial charge in [-0.25, -0.2) is 18.7 Å². The first-order valence-electron chi connectivity index (χ1n) is 9.27. The molecule has 0 atom stereocenters. The molecule has 0 saturated carbocycles. The van der Waals surface area contributed by atoms with Crippen LogP contribution < -0.4 is 10.2 Å². The fraction of sp³-hybridized carbons (Fsp3) is 0.250. The SMILES string of the molecule is O=C(CN1CCN(c2ccc(Br)cn2)CC1)Nc1nc(-c2ccc(F)c(F)c2)cs1. The summed E-state index contributed by atoms with van der Waals surface area (Å²) in [6.07, 6.45) is 1.78. The van der Waals surface area contributed by atoms with Crippen molar-refractivity contribution in [2.24, 2.45) is 0 Å². The Morgan fingerprint density at radius 3 is 2.63 bits per heavy atom. The molecule has 3 heterocycles. The zero-order valence-corrected chi connectivity index (χ0v) is 18.2. The lowest BCUT2D eigenvalue weighted by molar-refractivity contribution is -0.117. The van der Waals surface area contributed by atoms with Crippen LogP contribution in [0, 0.1) is 11.6 Å². The first-order chi connectivity index (χ1) is 14.5. The van der Waals surface area contributed by atoms with Crippen LogP contribution in [-0.2, 0) is 4.79 Å². The Balaban J connectivity index is 1.29. The van der Waals surface area contributed by atoms with E-state index in [4.69, 9.17) is 0 Å². The number of nitrogens with zero attached hydrogens (tertiary/aromatic N) is 4. The van der Waals surface area contributed by atoms with Crippen LogP contribution in [-0.4, -0.2) is 53.5 Å². The molecule has 3 aromatic rings. The van der Waals surface area contributed by atoms with E-state index in [2.05, 4.69) is 41.0 Å². The molecule has 156 valence electrons. The maximum absolute atomic E-state index is 13.4. The smallest absolute Gasteiger partial charge is 0.240 e. The van der Waals surface area contributed by atoms with Crippen molar-refractivity contribution in [1.82, 2.24) is 14.9 Å². The number of hydrogen-bond donors (Lipinski definition) is 1. The van der Waals surface area contributed by atoms with Crippen LogP contribution in [0.15, 0.2) is 46.4 Å². The Morgan fingerprint density at radius 1 is 1.13 bits per heavy atom. The van der Waals surface area contributed by atoms with Gasteiger partial charge in [-0.15, -0.1) is 11.3 Å². The van der Waals surface area contributed by atoms with Gasteiger partial charge in [0.15, 0.2) is 16.8 Å². The van der Waals surface area contributed by atoms with Gasteiger partial charge in [-0.1, -0.05) is 0 Å². The Hall–Kier alpha value is -2.43. The number of pyridine rings is 1. The Morgan fingerprint density at radius 2 is 1.93 bits per heavy atom. The van der Waals surface area contributed by atoms with Crippen molar-refractivity contribution < 1.29 is 13.6 Å². The summed E-state index contributed by atoms with van der Waals surface area (Å²) < 4.78 is 27.4. The lowest BCUT2D eigenvalue weighted by Crippen LogP contribution is -2.48. The maximum Gasteiger partial charge on any atom is 0.240 e. The maximum atomic E-state index is 13.4. The second-order valence-corrected chi connectivity index (χ2v) is 8.59. The molecule has 1 N–H and O–H groups in total. The van der Waals surface area contributed by atoms with Crippen molar-refractivity contribution in [3.05, 3.63) is 58.0 Å². The highest BCUT2D eigenvalue weighted by Crippen LogP contribution is 2.26. The summed E-state index contributed by atoms with van der Waals surface area (Å²) >= 11 is 4.63. The van der Waals surface area contributed by atoms with Crippen molar-refractivity contribution in [1.29, 1.82) is 0 Å². The van der Waals surface area contributed by atoms with E-state index in [1.165, 1.54) is 17.4 Å². The zero-order valence-electron chi connectivity index (χ0n) is 15.8. The molecule has 1 saturated heterocycles. The minimum absolute atomic E-state index is 0.156. The van der Waals surface area contributed by atoms with Crippen molar-refractivity contribution in [3.8, 4) is 11.3 Å². The summed E-state index contributed by atoms with van der Waals surface area (Å²) in [5.74, 6) is -1.06. The van der Waals surface area contributed by atoms with Gasteiger partial charge in [-0.3, -0.25) is 9.69 Å². The minimum atomic E-state index is -0.927. The van der Waals surface area contributed by atoms with Crippen LogP contribution in [0.3, 0.4) is 0 Å². The molecular weight excluding hydrogens is 476 g/mol.